The predicted molar refractivity (Wildman–Crippen MR) is 70.8 cm³/mol. The fourth-order valence-corrected chi connectivity index (χ4v) is 3.87. The Kier molecular flexibility index (Phi) is 3.54. The third kappa shape index (κ3) is 3.07. The van der Waals surface area contributed by atoms with Crippen molar-refractivity contribution in [3.8, 4) is 5.75 Å². The van der Waals surface area contributed by atoms with Crippen LogP contribution in [-0.2, 0) is 10.8 Å². The minimum absolute atomic E-state index is 0.0618. The van der Waals surface area contributed by atoms with Gasteiger partial charge in [0.2, 0.25) is 0 Å². The van der Waals surface area contributed by atoms with E-state index in [1.807, 2.05) is 24.3 Å². The maximum atomic E-state index is 11.8. The molecule has 0 aromatic heterocycles. The number of hydrogen-bond donors (Lipinski definition) is 1. The van der Waals surface area contributed by atoms with Crippen molar-refractivity contribution in [3.05, 3.63) is 29.8 Å². The van der Waals surface area contributed by atoms with Crippen LogP contribution in [0.15, 0.2) is 24.3 Å². The fraction of sp³-hybridized carbons (Fsp3) is 0.538. The first-order chi connectivity index (χ1) is 8.00. The maximum absolute atomic E-state index is 11.8. The Morgan fingerprint density at radius 1 is 1.35 bits per heavy atom. The van der Waals surface area contributed by atoms with Crippen molar-refractivity contribution < 1.29 is 8.95 Å². The molecule has 1 aliphatic heterocycles. The Morgan fingerprint density at radius 2 is 2.00 bits per heavy atom. The smallest absolute Gasteiger partial charge is 0.118 e. The largest absolute Gasteiger partial charge is 0.497 e. The molecular formula is C13H19NO2S. The van der Waals surface area contributed by atoms with E-state index in [0.717, 1.165) is 11.5 Å². The summed E-state index contributed by atoms with van der Waals surface area (Å²) in [7, 11) is 0.918. The highest BCUT2D eigenvalue weighted by atomic mass is 32.2. The van der Waals surface area contributed by atoms with Crippen LogP contribution in [0, 0.1) is 0 Å². The van der Waals surface area contributed by atoms with E-state index in [4.69, 9.17) is 4.74 Å². The van der Waals surface area contributed by atoms with Crippen molar-refractivity contribution >= 4 is 10.8 Å². The van der Waals surface area contributed by atoms with Gasteiger partial charge < -0.3 is 10.1 Å². The molecule has 1 saturated heterocycles. The minimum Gasteiger partial charge on any atom is -0.497 e. The van der Waals surface area contributed by atoms with Crippen LogP contribution in [0.5, 0.6) is 5.75 Å². The van der Waals surface area contributed by atoms with Crippen molar-refractivity contribution in [2.45, 2.75) is 25.4 Å². The van der Waals surface area contributed by atoms with Gasteiger partial charge in [0.05, 0.1) is 7.11 Å². The second kappa shape index (κ2) is 4.78. The van der Waals surface area contributed by atoms with E-state index in [-0.39, 0.29) is 11.6 Å². The van der Waals surface area contributed by atoms with Crippen molar-refractivity contribution in [2.75, 3.05) is 18.6 Å². The van der Waals surface area contributed by atoms with Gasteiger partial charge in [-0.25, -0.2) is 0 Å². The quantitative estimate of drug-likeness (QED) is 0.874. The van der Waals surface area contributed by atoms with Gasteiger partial charge in [-0.05, 0) is 31.5 Å². The van der Waals surface area contributed by atoms with Gasteiger partial charge in [0, 0.05) is 33.9 Å². The zero-order chi connectivity index (χ0) is 12.5. The van der Waals surface area contributed by atoms with E-state index in [9.17, 15) is 4.21 Å². The Hall–Kier alpha value is -0.870. The number of nitrogens with one attached hydrogen (secondary N) is 1. The van der Waals surface area contributed by atoms with E-state index < -0.39 is 10.8 Å². The first kappa shape index (κ1) is 12.6. The van der Waals surface area contributed by atoms with Crippen LogP contribution in [-0.4, -0.2) is 28.4 Å². The van der Waals surface area contributed by atoms with Crippen LogP contribution in [0.2, 0.25) is 0 Å². The molecule has 0 bridgehead atoms. The maximum Gasteiger partial charge on any atom is 0.118 e. The third-order valence-corrected chi connectivity index (χ3v) is 4.71. The first-order valence-corrected chi connectivity index (χ1v) is 7.25. The summed E-state index contributed by atoms with van der Waals surface area (Å²) in [6, 6.07) is 8.14. The van der Waals surface area contributed by atoms with Crippen molar-refractivity contribution in [3.63, 3.8) is 0 Å². The molecule has 2 atom stereocenters. The molecule has 1 heterocycles. The lowest BCUT2D eigenvalue weighted by atomic mass is 10.0. The van der Waals surface area contributed by atoms with Gasteiger partial charge in [0.25, 0.3) is 0 Å². The number of ether oxygens (including phenoxy) is 1. The lowest BCUT2D eigenvalue weighted by Gasteiger charge is -2.36. The fourth-order valence-electron chi connectivity index (χ4n) is 2.22. The van der Waals surface area contributed by atoms with Gasteiger partial charge in [-0.15, -0.1) is 0 Å². The van der Waals surface area contributed by atoms with Crippen LogP contribution in [0.1, 0.15) is 25.5 Å². The average molecular weight is 253 g/mol. The van der Waals surface area contributed by atoms with Crippen molar-refractivity contribution in [2.24, 2.45) is 0 Å². The van der Waals surface area contributed by atoms with Crippen LogP contribution >= 0.6 is 0 Å². The Bertz CT molecular complexity index is 414. The lowest BCUT2D eigenvalue weighted by Crippen LogP contribution is -2.52. The van der Waals surface area contributed by atoms with Crippen LogP contribution in [0.3, 0.4) is 0 Å². The number of methoxy groups -OCH3 is 1. The Balaban J connectivity index is 2.18. The summed E-state index contributed by atoms with van der Waals surface area (Å²) in [6.07, 6.45) is 0. The first-order valence-electron chi connectivity index (χ1n) is 5.77. The summed E-state index contributed by atoms with van der Waals surface area (Å²) >= 11 is 0. The molecule has 1 fully saturated rings. The summed E-state index contributed by atoms with van der Waals surface area (Å²) in [5.41, 5.74) is 1.11. The zero-order valence-corrected chi connectivity index (χ0v) is 11.3. The molecule has 2 unspecified atom stereocenters. The highest BCUT2D eigenvalue weighted by Crippen LogP contribution is 2.25. The second-order valence-electron chi connectivity index (χ2n) is 5.10. The molecule has 1 aliphatic rings. The molecule has 0 radical (unpaired) electrons. The average Bonchev–Trinajstić information content (AvgIpc) is 2.26. The van der Waals surface area contributed by atoms with Gasteiger partial charge in [-0.2, -0.15) is 0 Å². The highest BCUT2D eigenvalue weighted by molar-refractivity contribution is 7.85. The molecule has 1 aromatic carbocycles. The molecule has 2 rings (SSSR count). The van der Waals surface area contributed by atoms with Gasteiger partial charge in [-0.3, -0.25) is 4.21 Å². The summed E-state index contributed by atoms with van der Waals surface area (Å²) in [6.45, 7) is 4.20. The summed E-state index contributed by atoms with van der Waals surface area (Å²) in [4.78, 5) is 0. The molecule has 3 nitrogen and oxygen atoms in total. The topological polar surface area (TPSA) is 38.3 Å². The van der Waals surface area contributed by atoms with E-state index in [2.05, 4.69) is 19.2 Å². The predicted octanol–water partition coefficient (Wildman–Crippen LogP) is 1.87. The van der Waals surface area contributed by atoms with Crippen LogP contribution in [0.25, 0.3) is 0 Å². The second-order valence-corrected chi connectivity index (χ2v) is 6.61. The Morgan fingerprint density at radius 3 is 2.53 bits per heavy atom. The molecule has 1 N–H and O–H groups in total. The zero-order valence-electron chi connectivity index (χ0n) is 10.5. The molecule has 0 spiro atoms. The van der Waals surface area contributed by atoms with E-state index >= 15 is 0 Å². The summed E-state index contributed by atoms with van der Waals surface area (Å²) in [5.74, 6) is 2.26. The standard InChI is InChI=1S/C13H19NO2S/c1-13(2)9-17(15)8-12(14-13)10-4-6-11(16-3)7-5-10/h4-7,12,14H,8-9H2,1-3H3. The van der Waals surface area contributed by atoms with E-state index in [1.165, 1.54) is 5.56 Å². The monoisotopic (exact) mass is 253 g/mol. The highest BCUT2D eigenvalue weighted by Gasteiger charge is 2.31. The van der Waals surface area contributed by atoms with Crippen molar-refractivity contribution in [1.29, 1.82) is 0 Å². The van der Waals surface area contributed by atoms with Gasteiger partial charge in [0.1, 0.15) is 5.75 Å². The molecule has 94 valence electrons. The van der Waals surface area contributed by atoms with Gasteiger partial charge in [0.15, 0.2) is 0 Å². The molecule has 1 aromatic rings. The molecule has 17 heavy (non-hydrogen) atoms. The van der Waals surface area contributed by atoms with Gasteiger partial charge >= 0.3 is 0 Å². The normalized spacial score (nSPS) is 27.7. The SMILES string of the molecule is COc1ccc(C2CS(=O)CC(C)(C)N2)cc1. The Labute approximate surface area is 105 Å². The molecule has 0 saturated carbocycles. The molecule has 0 aliphatic carbocycles. The van der Waals surface area contributed by atoms with Gasteiger partial charge in [-0.1, -0.05) is 12.1 Å². The summed E-state index contributed by atoms with van der Waals surface area (Å²) in [5, 5.41) is 3.54. The van der Waals surface area contributed by atoms with E-state index in [1.54, 1.807) is 7.11 Å². The number of rotatable bonds is 2. The molecule has 0 amide bonds. The van der Waals surface area contributed by atoms with Crippen LogP contribution in [0.4, 0.5) is 0 Å². The number of hydrogen-bond acceptors (Lipinski definition) is 3. The third-order valence-electron chi connectivity index (χ3n) is 2.96. The minimum atomic E-state index is -0.741. The molecular weight excluding hydrogens is 234 g/mol. The van der Waals surface area contributed by atoms with Crippen LogP contribution < -0.4 is 10.1 Å². The molecule has 4 heteroatoms. The van der Waals surface area contributed by atoms with E-state index in [0.29, 0.717) is 5.75 Å². The number of benzene rings is 1. The summed E-state index contributed by atoms with van der Waals surface area (Å²) < 4.78 is 17.0. The lowest BCUT2D eigenvalue weighted by molar-refractivity contribution is 0.368. The van der Waals surface area contributed by atoms with Crippen molar-refractivity contribution in [1.82, 2.24) is 5.32 Å².